The third-order valence-electron chi connectivity index (χ3n) is 3.40. The van der Waals surface area contributed by atoms with E-state index in [0.29, 0.717) is 11.1 Å². The smallest absolute Gasteiger partial charge is 0.235 e. The van der Waals surface area contributed by atoms with Gasteiger partial charge >= 0.3 is 0 Å². The number of nitrogens with zero attached hydrogens (tertiary/aromatic N) is 1. The quantitative estimate of drug-likeness (QED) is 0.691. The summed E-state index contributed by atoms with van der Waals surface area (Å²) in [6, 6.07) is 11.0. The van der Waals surface area contributed by atoms with Crippen molar-refractivity contribution >= 4 is 15.7 Å². The Morgan fingerprint density at radius 3 is 2.44 bits per heavy atom. The Bertz CT molecular complexity index is 954. The van der Waals surface area contributed by atoms with Crippen LogP contribution in [0.4, 0.5) is 8.78 Å². The zero-order valence-corrected chi connectivity index (χ0v) is 14.9. The Hall–Kier alpha value is -2.99. The molecular formula is C18H16F2N2O4S. The molecule has 142 valence electrons. The number of carbonyl (C=O) groups is 1. The van der Waals surface area contributed by atoms with Crippen molar-refractivity contribution in [3.8, 4) is 11.8 Å². The molecule has 0 aromatic heterocycles. The minimum absolute atomic E-state index is 0.00418. The van der Waals surface area contributed by atoms with Gasteiger partial charge in [-0.3, -0.25) is 4.79 Å². The van der Waals surface area contributed by atoms with E-state index in [9.17, 15) is 22.0 Å². The molecule has 0 bridgehead atoms. The SMILES string of the molecule is N#Cc1ccc(CS(=O)(=O)CC(=O)NCCOc2ccc(F)c(F)c2)cc1. The maximum Gasteiger partial charge on any atom is 0.235 e. The molecule has 27 heavy (non-hydrogen) atoms. The van der Waals surface area contributed by atoms with Crippen molar-refractivity contribution in [2.75, 3.05) is 18.9 Å². The van der Waals surface area contributed by atoms with E-state index in [2.05, 4.69) is 5.32 Å². The molecule has 0 spiro atoms. The van der Waals surface area contributed by atoms with Crippen LogP contribution in [0.25, 0.3) is 0 Å². The van der Waals surface area contributed by atoms with Gasteiger partial charge in [-0.1, -0.05) is 12.1 Å². The van der Waals surface area contributed by atoms with E-state index in [0.717, 1.165) is 12.1 Å². The number of benzene rings is 2. The van der Waals surface area contributed by atoms with E-state index in [1.807, 2.05) is 6.07 Å². The molecule has 9 heteroatoms. The third kappa shape index (κ3) is 6.67. The Labute approximate surface area is 155 Å². The van der Waals surface area contributed by atoms with E-state index < -0.39 is 33.1 Å². The first-order chi connectivity index (χ1) is 12.8. The number of rotatable bonds is 8. The lowest BCUT2D eigenvalue weighted by atomic mass is 10.2. The van der Waals surface area contributed by atoms with Gasteiger partial charge < -0.3 is 10.1 Å². The van der Waals surface area contributed by atoms with Crippen LogP contribution < -0.4 is 10.1 Å². The molecule has 0 aliphatic rings. The van der Waals surface area contributed by atoms with Crippen LogP contribution in [0.15, 0.2) is 42.5 Å². The molecule has 0 heterocycles. The minimum atomic E-state index is -3.68. The number of hydrogen-bond donors (Lipinski definition) is 1. The van der Waals surface area contributed by atoms with Crippen molar-refractivity contribution in [2.45, 2.75) is 5.75 Å². The zero-order valence-electron chi connectivity index (χ0n) is 14.1. The fraction of sp³-hybridized carbons (Fsp3) is 0.222. The van der Waals surface area contributed by atoms with Crippen LogP contribution in [-0.4, -0.2) is 33.2 Å². The highest BCUT2D eigenvalue weighted by Gasteiger charge is 2.17. The highest BCUT2D eigenvalue weighted by molar-refractivity contribution is 7.91. The third-order valence-corrected chi connectivity index (χ3v) is 4.88. The van der Waals surface area contributed by atoms with Gasteiger partial charge in [0.2, 0.25) is 5.91 Å². The molecule has 2 aromatic carbocycles. The fourth-order valence-corrected chi connectivity index (χ4v) is 3.46. The summed E-state index contributed by atoms with van der Waals surface area (Å²) < 4.78 is 55.1. The van der Waals surface area contributed by atoms with Crippen LogP contribution >= 0.6 is 0 Å². The van der Waals surface area contributed by atoms with Gasteiger partial charge in [-0.2, -0.15) is 5.26 Å². The van der Waals surface area contributed by atoms with E-state index in [-0.39, 0.29) is 24.7 Å². The summed E-state index contributed by atoms with van der Waals surface area (Å²) in [6.07, 6.45) is 0. The first-order valence-corrected chi connectivity index (χ1v) is 9.65. The standard InChI is InChI=1S/C18H16F2N2O4S/c19-16-6-5-15(9-17(16)20)26-8-7-22-18(23)12-27(24,25)11-14-3-1-13(10-21)2-4-14/h1-6,9H,7-8,11-12H2,(H,22,23). The van der Waals surface area contributed by atoms with Crippen LogP contribution in [-0.2, 0) is 20.4 Å². The van der Waals surface area contributed by atoms with E-state index in [4.69, 9.17) is 10.00 Å². The molecular weight excluding hydrogens is 378 g/mol. The lowest BCUT2D eigenvalue weighted by Gasteiger charge is -2.09. The first kappa shape index (κ1) is 20.3. The van der Waals surface area contributed by atoms with Crippen LogP contribution in [0, 0.1) is 23.0 Å². The summed E-state index contributed by atoms with van der Waals surface area (Å²) in [5.74, 6) is -3.67. The average Bonchev–Trinajstić information content (AvgIpc) is 2.61. The van der Waals surface area contributed by atoms with Crippen LogP contribution in [0.1, 0.15) is 11.1 Å². The second-order valence-electron chi connectivity index (χ2n) is 5.62. The van der Waals surface area contributed by atoms with Crippen molar-refractivity contribution in [1.82, 2.24) is 5.32 Å². The zero-order chi connectivity index (χ0) is 19.9. The lowest BCUT2D eigenvalue weighted by Crippen LogP contribution is -2.33. The number of carbonyl (C=O) groups excluding carboxylic acids is 1. The Morgan fingerprint density at radius 2 is 1.81 bits per heavy atom. The molecule has 0 radical (unpaired) electrons. The average molecular weight is 394 g/mol. The van der Waals surface area contributed by atoms with Gasteiger partial charge in [0.25, 0.3) is 0 Å². The van der Waals surface area contributed by atoms with Gasteiger partial charge in [0, 0.05) is 6.07 Å². The van der Waals surface area contributed by atoms with Gasteiger partial charge in [-0.25, -0.2) is 17.2 Å². The second-order valence-corrected chi connectivity index (χ2v) is 7.68. The first-order valence-electron chi connectivity index (χ1n) is 7.83. The molecule has 0 fully saturated rings. The van der Waals surface area contributed by atoms with Gasteiger partial charge in [0.05, 0.1) is 23.9 Å². The number of hydrogen-bond acceptors (Lipinski definition) is 5. The van der Waals surface area contributed by atoms with Crippen molar-refractivity contribution in [2.24, 2.45) is 0 Å². The number of nitrogens with one attached hydrogen (secondary N) is 1. The molecule has 1 amide bonds. The largest absolute Gasteiger partial charge is 0.492 e. The molecule has 1 N–H and O–H groups in total. The number of sulfone groups is 1. The Balaban J connectivity index is 1.76. The van der Waals surface area contributed by atoms with Crippen LogP contribution in [0.3, 0.4) is 0 Å². The predicted octanol–water partition coefficient (Wildman–Crippen LogP) is 1.95. The monoisotopic (exact) mass is 394 g/mol. The molecule has 0 unspecified atom stereocenters. The van der Waals surface area contributed by atoms with Gasteiger partial charge in [-0.05, 0) is 29.8 Å². The molecule has 2 rings (SSSR count). The van der Waals surface area contributed by atoms with Gasteiger partial charge in [-0.15, -0.1) is 0 Å². The summed E-state index contributed by atoms with van der Waals surface area (Å²) in [5.41, 5.74) is 0.887. The fourth-order valence-electron chi connectivity index (χ4n) is 2.16. The summed E-state index contributed by atoms with van der Waals surface area (Å²) in [7, 11) is -3.68. The minimum Gasteiger partial charge on any atom is -0.492 e. The molecule has 6 nitrogen and oxygen atoms in total. The highest BCUT2D eigenvalue weighted by Crippen LogP contribution is 2.15. The maximum absolute atomic E-state index is 13.0. The summed E-state index contributed by atoms with van der Waals surface area (Å²) in [5, 5.41) is 11.1. The highest BCUT2D eigenvalue weighted by atomic mass is 32.2. The predicted molar refractivity (Wildman–Crippen MR) is 93.5 cm³/mol. The molecule has 0 atom stereocenters. The van der Waals surface area contributed by atoms with Gasteiger partial charge in [0.1, 0.15) is 18.1 Å². The lowest BCUT2D eigenvalue weighted by molar-refractivity contribution is -0.118. The van der Waals surface area contributed by atoms with Crippen LogP contribution in [0.5, 0.6) is 5.75 Å². The van der Waals surface area contributed by atoms with E-state index in [1.165, 1.54) is 30.3 Å². The van der Waals surface area contributed by atoms with Gasteiger partial charge in [0.15, 0.2) is 21.5 Å². The molecule has 0 aliphatic carbocycles. The summed E-state index contributed by atoms with van der Waals surface area (Å²) in [6.45, 7) is -0.0311. The van der Waals surface area contributed by atoms with E-state index >= 15 is 0 Å². The Kier molecular flexibility index (Phi) is 6.85. The topological polar surface area (TPSA) is 96.3 Å². The normalized spacial score (nSPS) is 10.9. The maximum atomic E-state index is 13.0. The molecule has 2 aromatic rings. The number of amides is 1. The Morgan fingerprint density at radius 1 is 1.11 bits per heavy atom. The summed E-state index contributed by atoms with van der Waals surface area (Å²) in [4.78, 5) is 11.8. The van der Waals surface area contributed by atoms with Crippen molar-refractivity contribution in [3.05, 3.63) is 65.2 Å². The van der Waals surface area contributed by atoms with Crippen molar-refractivity contribution in [1.29, 1.82) is 5.26 Å². The number of halogens is 2. The second kappa shape index (κ2) is 9.09. The van der Waals surface area contributed by atoms with Crippen molar-refractivity contribution in [3.63, 3.8) is 0 Å². The van der Waals surface area contributed by atoms with Crippen LogP contribution in [0.2, 0.25) is 0 Å². The number of nitriles is 1. The van der Waals surface area contributed by atoms with E-state index in [1.54, 1.807) is 0 Å². The molecule has 0 saturated heterocycles. The molecule has 0 saturated carbocycles. The van der Waals surface area contributed by atoms with Crippen molar-refractivity contribution < 1.29 is 26.7 Å². The molecule has 0 aliphatic heterocycles. The summed E-state index contributed by atoms with van der Waals surface area (Å²) >= 11 is 0. The number of ether oxygens (including phenoxy) is 1.